The molecule has 18 aliphatic carbocycles. The average molecular weight is 2050 g/mol. The first-order valence-electron chi connectivity index (χ1n) is 51.5. The largest absolute Gasteiger partial charge is 0.459 e. The van der Waals surface area contributed by atoms with E-state index in [2.05, 4.69) is 33.2 Å². The lowest BCUT2D eigenvalue weighted by Gasteiger charge is -2.59. The highest BCUT2D eigenvalue weighted by Crippen LogP contribution is 2.64. The third-order valence-corrected chi connectivity index (χ3v) is 38.6. The summed E-state index contributed by atoms with van der Waals surface area (Å²) in [5, 5.41) is 20.3. The molecule has 22 fully saturated rings. The molecule has 0 aromatic heterocycles. The van der Waals surface area contributed by atoms with Crippen LogP contribution in [0.15, 0.2) is 48.6 Å². The summed E-state index contributed by atoms with van der Waals surface area (Å²) in [6.45, 7) is 46.7. The van der Waals surface area contributed by atoms with Crippen LogP contribution in [0.2, 0.25) is 0 Å². The summed E-state index contributed by atoms with van der Waals surface area (Å²) in [5.41, 5.74) is -2.59. The Hall–Kier alpha value is -7.66. The van der Waals surface area contributed by atoms with Gasteiger partial charge in [0.05, 0.1) is 55.2 Å². The van der Waals surface area contributed by atoms with Gasteiger partial charge < -0.3 is 67.1 Å². The summed E-state index contributed by atoms with van der Waals surface area (Å²) in [4.78, 5) is 140. The SMILES string of the molecule is C.C.C.C=C(C)C(=O)OC1(C)CCCC1.C=C(C)C(=O)OC12CC3CC(CC(O)(C3)C1)C2.C=C(C)C(=O)OC1C2CC3C(=O)OC1C3C2.C=C(C)C(=O)OCC(=O)OC1C2CC3C1OS(=O)(=O)C3C2.CCC(C)(C)C(=O)OC1(C)CCCC1.CCC(C)(C)C(=O)OC12CC3CC(CC(O)(C3)C1)C2.CCC(C)(C)C(=O)OC1C2CC3C(=O)OC1C3C2.CCC(C)(C)C(=O)OCC(=O)OC1C2CC3C1OS(=O)(=O)C3C2. The van der Waals surface area contributed by atoms with E-state index in [9.17, 15) is 84.6 Å². The molecule has 32 nitrogen and oxygen atoms in total. The third kappa shape index (κ3) is 25.7. The molecule has 22 aliphatic rings. The van der Waals surface area contributed by atoms with Gasteiger partial charge in [-0.15, -0.1) is 0 Å². The summed E-state index contributed by atoms with van der Waals surface area (Å²) in [7, 11) is -7.05. The summed E-state index contributed by atoms with van der Waals surface area (Å²) < 4.78 is 122. The number of ether oxygens (including phenoxy) is 12. The normalized spacial score (nSPS) is 36.8. The van der Waals surface area contributed by atoms with Gasteiger partial charge >= 0.3 is 71.6 Å². The van der Waals surface area contributed by atoms with Crippen LogP contribution in [0.25, 0.3) is 0 Å². The van der Waals surface area contributed by atoms with E-state index in [4.69, 9.17) is 65.2 Å². The smallest absolute Gasteiger partial charge is 0.344 e. The lowest BCUT2D eigenvalue weighted by atomic mass is 9.52. The second-order valence-electron chi connectivity index (χ2n) is 48.3. The molecule has 143 heavy (non-hydrogen) atoms. The van der Waals surface area contributed by atoms with Crippen LogP contribution in [-0.4, -0.2) is 205 Å². The molecule has 0 spiro atoms. The van der Waals surface area contributed by atoms with Crippen molar-refractivity contribution in [2.75, 3.05) is 13.2 Å². The zero-order valence-electron chi connectivity index (χ0n) is 85.7. The number of rotatable bonds is 24. The van der Waals surface area contributed by atoms with E-state index in [-0.39, 0.29) is 164 Å². The van der Waals surface area contributed by atoms with Crippen LogP contribution in [0, 0.1) is 105 Å². The molecule has 0 radical (unpaired) electrons. The Kier molecular flexibility index (Phi) is 36.3. The maximum atomic E-state index is 12.4. The lowest BCUT2D eigenvalue weighted by Crippen LogP contribution is -2.61. The number of aliphatic hydroxyl groups is 2. The van der Waals surface area contributed by atoms with E-state index < -0.39 is 125 Å². The zero-order valence-corrected chi connectivity index (χ0v) is 87.3. The number of hydrogen-bond donors (Lipinski definition) is 2. The number of carbonyl (C=O) groups is 12. The van der Waals surface area contributed by atoms with Crippen LogP contribution < -0.4 is 0 Å². The van der Waals surface area contributed by atoms with Crippen LogP contribution in [0.4, 0.5) is 0 Å². The molecule has 24 atom stereocenters. The van der Waals surface area contributed by atoms with Gasteiger partial charge in [-0.3, -0.25) is 37.1 Å². The fraction of sp³-hybridized carbons (Fsp3) is 0.817. The van der Waals surface area contributed by atoms with Crippen LogP contribution in [0.1, 0.15) is 352 Å². The van der Waals surface area contributed by atoms with E-state index in [1.54, 1.807) is 34.6 Å². The standard InChI is InChI=1S/C16H26O3.C15H22O7S.C14H20O4.C14H20O3.C13H16O7S.C12H14O4.C12H22O2.C10H16O2.3CH4/c1-4-14(2,3)13(17)19-16-8-11-5-12(9-16)7-15(18,6-11)10-16;1-4-15(2,3)14(17)20-7-11(16)21-12-8-5-9-10(6-8)23(18,19)22-13(9)12;1-4-14(2,3)13(16)18-10-7-5-8-9(6-7)12(15)17-11(8)10;1-9(2)12(15)17-14-6-10-3-11(7-14)5-13(16,4-10)8-14;1-6(2)13(15)18-5-10(14)19-11-7-3-8-9(4-7)21(16,17)20-12(8)11;1-5(2)11(13)15-9-6-3-7-8(4-6)12(14)16-10(7)9;1-5-11(2,3)10(13)14-12(4)8-6-7-9-12;1-8(2)9(11)12-10(3)6-4-5-7-10;;;/h11-12,18H,4-10H2,1-3H3;8-10,12-13H,4-7H2,1-3H3;7-11H,4-6H2,1-3H3;10-11,16H,1,3-8H2,2H3;7-9,11-12H,1,3-5H2,2H3;6-10H,1,3-4H2,2H3;5-9H2,1-4H3;1,4-7H2,2-3H3;3*1H4. The second-order valence-corrected chi connectivity index (χ2v) is 51.8. The Morgan fingerprint density at radius 1 is 0.371 bits per heavy atom. The molecular weight excluding hydrogens is 1890 g/mol. The summed E-state index contributed by atoms with van der Waals surface area (Å²) >= 11 is 0. The molecule has 0 aromatic carbocycles. The monoisotopic (exact) mass is 2050 g/mol. The van der Waals surface area contributed by atoms with Gasteiger partial charge in [-0.1, -0.05) is 76.3 Å². The molecule has 34 heteroatoms. The van der Waals surface area contributed by atoms with Gasteiger partial charge in [-0.25, -0.2) is 28.8 Å². The van der Waals surface area contributed by atoms with Gasteiger partial charge in [-0.05, 0) is 313 Å². The Labute approximate surface area is 848 Å². The summed E-state index contributed by atoms with van der Waals surface area (Å²) in [6.07, 6.45) is 25.7. The minimum atomic E-state index is -3.53. The van der Waals surface area contributed by atoms with Crippen molar-refractivity contribution in [3.63, 3.8) is 0 Å². The van der Waals surface area contributed by atoms with Crippen molar-refractivity contribution in [1.82, 2.24) is 0 Å². The fourth-order valence-corrected chi connectivity index (χ4v) is 30.2. The molecule has 4 saturated heterocycles. The van der Waals surface area contributed by atoms with Crippen molar-refractivity contribution in [3.05, 3.63) is 48.6 Å². The van der Waals surface area contributed by atoms with E-state index in [1.165, 1.54) is 45.4 Å². The van der Waals surface area contributed by atoms with Crippen LogP contribution in [-0.2, 0) is 143 Å². The molecule has 16 bridgehead atoms. The minimum Gasteiger partial charge on any atom is -0.459 e. The Bertz CT molecular complexity index is 4990. The average Bonchev–Trinajstić information content (AvgIpc) is 1.26. The third-order valence-electron chi connectivity index (χ3n) is 35.0. The lowest BCUT2D eigenvalue weighted by molar-refractivity contribution is -0.225. The van der Waals surface area contributed by atoms with Gasteiger partial charge in [0.1, 0.15) is 71.2 Å². The van der Waals surface area contributed by atoms with Crippen LogP contribution >= 0.6 is 0 Å². The van der Waals surface area contributed by atoms with Crippen molar-refractivity contribution in [3.8, 4) is 0 Å². The highest BCUT2D eigenvalue weighted by atomic mass is 32.2. The van der Waals surface area contributed by atoms with Crippen molar-refractivity contribution < 1.29 is 150 Å². The van der Waals surface area contributed by atoms with Gasteiger partial charge in [0.2, 0.25) is 0 Å². The predicted octanol–water partition coefficient (Wildman–Crippen LogP) is 17.0. The first-order valence-corrected chi connectivity index (χ1v) is 54.4. The molecule has 4 aliphatic heterocycles. The molecule has 0 amide bonds. The molecule has 808 valence electrons. The van der Waals surface area contributed by atoms with Crippen molar-refractivity contribution in [1.29, 1.82) is 0 Å². The van der Waals surface area contributed by atoms with Crippen molar-refractivity contribution in [2.45, 2.75) is 445 Å². The Morgan fingerprint density at radius 3 is 1.06 bits per heavy atom. The Morgan fingerprint density at radius 2 is 0.685 bits per heavy atom. The molecular formula is C109H168O32S2. The zero-order chi connectivity index (χ0) is 103. The molecule has 18 saturated carbocycles. The molecule has 0 aromatic rings. The Balaban J connectivity index is 0.000000168. The van der Waals surface area contributed by atoms with E-state index in [0.29, 0.717) is 103 Å². The fourth-order valence-electron chi connectivity index (χ4n) is 26.5. The first-order chi connectivity index (χ1) is 65.0. The number of esters is 12. The van der Waals surface area contributed by atoms with E-state index in [1.807, 2.05) is 76.2 Å². The highest BCUT2D eigenvalue weighted by Gasteiger charge is 2.70. The van der Waals surface area contributed by atoms with Gasteiger partial charge in [-0.2, -0.15) is 16.8 Å². The molecule has 2 N–H and O–H groups in total. The van der Waals surface area contributed by atoms with Gasteiger partial charge in [0.25, 0.3) is 20.2 Å². The quantitative estimate of drug-likeness (QED) is 0.0392. The van der Waals surface area contributed by atoms with Crippen LogP contribution in [0.3, 0.4) is 0 Å². The van der Waals surface area contributed by atoms with Crippen molar-refractivity contribution in [2.24, 2.45) is 105 Å². The van der Waals surface area contributed by atoms with Crippen LogP contribution in [0.5, 0.6) is 0 Å². The van der Waals surface area contributed by atoms with E-state index in [0.717, 1.165) is 122 Å². The van der Waals surface area contributed by atoms with Gasteiger partial charge in [0.15, 0.2) is 13.2 Å². The number of carbonyl (C=O) groups excluding carboxylic acids is 12. The maximum Gasteiger partial charge on any atom is 0.344 e. The van der Waals surface area contributed by atoms with Gasteiger partial charge in [0, 0.05) is 82.5 Å². The summed E-state index contributed by atoms with van der Waals surface area (Å²) in [6, 6.07) is 0. The number of hydrogen-bond acceptors (Lipinski definition) is 32. The second kappa shape index (κ2) is 44.2. The van der Waals surface area contributed by atoms with E-state index >= 15 is 0 Å². The first kappa shape index (κ1) is 117. The molecule has 22 rings (SSSR count). The molecule has 4 heterocycles. The highest BCUT2D eigenvalue weighted by molar-refractivity contribution is 7.88. The van der Waals surface area contributed by atoms with Crippen molar-refractivity contribution >= 4 is 91.9 Å². The predicted molar refractivity (Wildman–Crippen MR) is 527 cm³/mol. The molecule has 24 unspecified atom stereocenters. The topological polar surface area (TPSA) is 443 Å². The number of fused-ring (bicyclic) bond motifs is 4. The minimum absolute atomic E-state index is 0. The maximum absolute atomic E-state index is 12.4. The summed E-state index contributed by atoms with van der Waals surface area (Å²) in [5.74, 6) is -0.486.